The molecule has 7 heteroatoms. The van der Waals surface area contributed by atoms with Gasteiger partial charge in [0.1, 0.15) is 5.82 Å². The minimum absolute atomic E-state index is 0. The van der Waals surface area contributed by atoms with Gasteiger partial charge in [0.15, 0.2) is 5.96 Å². The predicted octanol–water partition coefficient (Wildman–Crippen LogP) is 3.40. The van der Waals surface area contributed by atoms with Gasteiger partial charge in [0.05, 0.1) is 17.1 Å². The molecule has 0 spiro atoms. The fourth-order valence-corrected chi connectivity index (χ4v) is 2.91. The maximum absolute atomic E-state index is 10.2. The van der Waals surface area contributed by atoms with E-state index >= 15 is 0 Å². The Morgan fingerprint density at radius 2 is 1.86 bits per heavy atom. The number of aromatic nitrogens is 2. The number of nitrogens with one attached hydrogen (secondary N) is 3. The lowest BCUT2D eigenvalue weighted by Gasteiger charge is -2.12. The minimum Gasteiger partial charge on any atom is -0.388 e. The van der Waals surface area contributed by atoms with E-state index in [1.165, 1.54) is 0 Å². The number of nitrogens with zero attached hydrogens (tertiary/aromatic N) is 2. The molecule has 28 heavy (non-hydrogen) atoms. The van der Waals surface area contributed by atoms with Crippen LogP contribution in [0.2, 0.25) is 0 Å². The molecule has 0 saturated carbocycles. The SMILES string of the molecule is CCNC(=NCCC(O)c1ccccc1)NCCc1nc2ccccc2[nH]1.I. The summed E-state index contributed by atoms with van der Waals surface area (Å²) < 4.78 is 0. The molecule has 0 aliphatic carbocycles. The fourth-order valence-electron chi connectivity index (χ4n) is 2.91. The number of para-hydroxylation sites is 2. The first kappa shape index (κ1) is 22.2. The van der Waals surface area contributed by atoms with Crippen LogP contribution in [0.15, 0.2) is 59.6 Å². The first-order valence-electron chi connectivity index (χ1n) is 9.45. The van der Waals surface area contributed by atoms with Crippen molar-refractivity contribution in [2.45, 2.75) is 25.9 Å². The normalized spacial score (nSPS) is 12.4. The zero-order valence-corrected chi connectivity index (χ0v) is 18.4. The van der Waals surface area contributed by atoms with E-state index < -0.39 is 6.10 Å². The van der Waals surface area contributed by atoms with Gasteiger partial charge in [0.2, 0.25) is 0 Å². The lowest BCUT2D eigenvalue weighted by Crippen LogP contribution is -2.38. The quantitative estimate of drug-likeness (QED) is 0.220. The zero-order valence-electron chi connectivity index (χ0n) is 16.1. The summed E-state index contributed by atoms with van der Waals surface area (Å²) in [5.74, 6) is 1.72. The number of fused-ring (bicyclic) bond motifs is 1. The van der Waals surface area contributed by atoms with Gasteiger partial charge in [-0.1, -0.05) is 42.5 Å². The van der Waals surface area contributed by atoms with E-state index in [2.05, 4.69) is 25.6 Å². The molecule has 1 aromatic heterocycles. The second-order valence-electron chi connectivity index (χ2n) is 6.35. The van der Waals surface area contributed by atoms with Crippen LogP contribution in [0.1, 0.15) is 30.8 Å². The molecule has 0 aliphatic heterocycles. The molecule has 1 heterocycles. The lowest BCUT2D eigenvalue weighted by molar-refractivity contribution is 0.170. The highest BCUT2D eigenvalue weighted by molar-refractivity contribution is 14.0. The number of benzene rings is 2. The van der Waals surface area contributed by atoms with E-state index in [-0.39, 0.29) is 24.0 Å². The molecule has 0 radical (unpaired) electrons. The Morgan fingerprint density at radius 3 is 2.61 bits per heavy atom. The van der Waals surface area contributed by atoms with Gasteiger partial charge < -0.3 is 20.7 Å². The Balaban J connectivity index is 0.00000280. The molecule has 1 atom stereocenters. The number of imidazole rings is 1. The number of guanidine groups is 1. The topological polar surface area (TPSA) is 85.3 Å². The monoisotopic (exact) mass is 493 g/mol. The van der Waals surface area contributed by atoms with E-state index in [1.54, 1.807) is 0 Å². The maximum Gasteiger partial charge on any atom is 0.191 e. The molecule has 0 saturated heterocycles. The van der Waals surface area contributed by atoms with Gasteiger partial charge in [-0.15, -0.1) is 24.0 Å². The molecule has 0 bridgehead atoms. The molecule has 2 aromatic carbocycles. The Hall–Kier alpha value is -2.13. The third-order valence-electron chi connectivity index (χ3n) is 4.29. The molecule has 3 aromatic rings. The van der Waals surface area contributed by atoms with Crippen molar-refractivity contribution in [2.24, 2.45) is 4.99 Å². The van der Waals surface area contributed by atoms with Crippen molar-refractivity contribution in [1.82, 2.24) is 20.6 Å². The Labute approximate surface area is 182 Å². The standard InChI is InChI=1S/C21H27N5O.HI/c1-2-22-21(23-14-12-19(27)16-8-4-3-5-9-16)24-15-13-20-25-17-10-6-7-11-18(17)26-20;/h3-11,19,27H,2,12-15H2,1H3,(H,25,26)(H2,22,23,24);1H. The summed E-state index contributed by atoms with van der Waals surface area (Å²) in [4.78, 5) is 12.5. The number of aliphatic hydroxyl groups is 1. The summed E-state index contributed by atoms with van der Waals surface area (Å²) in [6, 6.07) is 17.7. The molecule has 4 N–H and O–H groups in total. The summed E-state index contributed by atoms with van der Waals surface area (Å²) in [6.45, 7) is 4.11. The highest BCUT2D eigenvalue weighted by atomic mass is 127. The van der Waals surface area contributed by atoms with Crippen LogP contribution >= 0.6 is 24.0 Å². The average molecular weight is 493 g/mol. The van der Waals surface area contributed by atoms with Crippen molar-refractivity contribution in [3.63, 3.8) is 0 Å². The van der Waals surface area contributed by atoms with Crippen molar-refractivity contribution in [3.8, 4) is 0 Å². The van der Waals surface area contributed by atoms with Crippen molar-refractivity contribution in [1.29, 1.82) is 0 Å². The van der Waals surface area contributed by atoms with Gasteiger partial charge in [-0.3, -0.25) is 4.99 Å². The van der Waals surface area contributed by atoms with E-state index in [0.29, 0.717) is 13.0 Å². The summed E-state index contributed by atoms with van der Waals surface area (Å²) >= 11 is 0. The smallest absolute Gasteiger partial charge is 0.191 e. The van der Waals surface area contributed by atoms with Crippen LogP contribution in [-0.4, -0.2) is 40.7 Å². The third kappa shape index (κ3) is 6.49. The van der Waals surface area contributed by atoms with Crippen LogP contribution in [0, 0.1) is 0 Å². The highest BCUT2D eigenvalue weighted by Gasteiger charge is 2.07. The molecule has 150 valence electrons. The van der Waals surface area contributed by atoms with Gasteiger partial charge in [-0.05, 0) is 31.0 Å². The summed E-state index contributed by atoms with van der Waals surface area (Å²) in [5, 5.41) is 16.8. The van der Waals surface area contributed by atoms with Crippen LogP contribution in [0.25, 0.3) is 11.0 Å². The second-order valence-corrected chi connectivity index (χ2v) is 6.35. The average Bonchev–Trinajstić information content (AvgIpc) is 3.11. The number of aliphatic imine (C=N–C) groups is 1. The lowest BCUT2D eigenvalue weighted by atomic mass is 10.1. The Morgan fingerprint density at radius 1 is 1.11 bits per heavy atom. The number of halogens is 1. The molecular formula is C21H28IN5O. The molecule has 6 nitrogen and oxygen atoms in total. The molecule has 0 amide bonds. The van der Waals surface area contributed by atoms with E-state index in [9.17, 15) is 5.11 Å². The van der Waals surface area contributed by atoms with Crippen molar-refractivity contribution in [2.75, 3.05) is 19.6 Å². The molecular weight excluding hydrogens is 465 g/mol. The fraction of sp³-hybridized carbons (Fsp3) is 0.333. The van der Waals surface area contributed by atoms with E-state index in [0.717, 1.165) is 47.9 Å². The first-order chi connectivity index (χ1) is 13.3. The Bertz CT molecular complexity index is 832. The predicted molar refractivity (Wildman–Crippen MR) is 125 cm³/mol. The highest BCUT2D eigenvalue weighted by Crippen LogP contribution is 2.15. The van der Waals surface area contributed by atoms with Gasteiger partial charge in [0, 0.05) is 26.1 Å². The number of hydrogen-bond donors (Lipinski definition) is 4. The summed E-state index contributed by atoms with van der Waals surface area (Å²) in [7, 11) is 0. The molecule has 1 unspecified atom stereocenters. The molecule has 3 rings (SSSR count). The van der Waals surface area contributed by atoms with E-state index in [4.69, 9.17) is 0 Å². The third-order valence-corrected chi connectivity index (χ3v) is 4.29. The van der Waals surface area contributed by atoms with Crippen molar-refractivity contribution < 1.29 is 5.11 Å². The first-order valence-corrected chi connectivity index (χ1v) is 9.45. The minimum atomic E-state index is -0.492. The van der Waals surface area contributed by atoms with Crippen LogP contribution < -0.4 is 10.6 Å². The number of aromatic amines is 1. The number of H-pyrrole nitrogens is 1. The van der Waals surface area contributed by atoms with Crippen LogP contribution in [0.4, 0.5) is 0 Å². The number of hydrogen-bond acceptors (Lipinski definition) is 3. The van der Waals surface area contributed by atoms with Crippen LogP contribution in [0.5, 0.6) is 0 Å². The number of rotatable bonds is 8. The molecule has 0 aliphatic rings. The summed E-state index contributed by atoms with van der Waals surface area (Å²) in [6.07, 6.45) is 0.879. The van der Waals surface area contributed by atoms with Crippen LogP contribution in [-0.2, 0) is 6.42 Å². The number of aliphatic hydroxyl groups excluding tert-OH is 1. The van der Waals surface area contributed by atoms with Gasteiger partial charge >= 0.3 is 0 Å². The van der Waals surface area contributed by atoms with E-state index in [1.807, 2.05) is 61.5 Å². The Kier molecular flexibility index (Phi) is 9.22. The van der Waals surface area contributed by atoms with Gasteiger partial charge in [0.25, 0.3) is 0 Å². The zero-order chi connectivity index (χ0) is 18.9. The van der Waals surface area contributed by atoms with Gasteiger partial charge in [-0.25, -0.2) is 4.98 Å². The van der Waals surface area contributed by atoms with Crippen LogP contribution in [0.3, 0.4) is 0 Å². The largest absolute Gasteiger partial charge is 0.388 e. The molecule has 0 fully saturated rings. The maximum atomic E-state index is 10.2. The second kappa shape index (κ2) is 11.7. The van der Waals surface area contributed by atoms with Crippen molar-refractivity contribution >= 4 is 41.0 Å². The summed E-state index contributed by atoms with van der Waals surface area (Å²) in [5.41, 5.74) is 2.97. The van der Waals surface area contributed by atoms with Crippen molar-refractivity contribution in [3.05, 3.63) is 66.0 Å². The van der Waals surface area contributed by atoms with Gasteiger partial charge in [-0.2, -0.15) is 0 Å².